The summed E-state index contributed by atoms with van der Waals surface area (Å²) < 4.78 is 15.2. The molecule has 2 aromatic carbocycles. The van der Waals surface area contributed by atoms with Gasteiger partial charge in [-0.05, 0) is 35.9 Å². The lowest BCUT2D eigenvalue weighted by atomic mass is 10.1. The van der Waals surface area contributed by atoms with Gasteiger partial charge in [-0.15, -0.1) is 0 Å². The Balaban J connectivity index is 1.69. The highest BCUT2D eigenvalue weighted by Gasteiger charge is 2.09. The smallest absolute Gasteiger partial charge is 0.267 e. The minimum absolute atomic E-state index is 0.0122. The highest BCUT2D eigenvalue weighted by atomic mass is 79.9. The molecule has 1 amide bonds. The summed E-state index contributed by atoms with van der Waals surface area (Å²) in [6.07, 6.45) is 0. The van der Waals surface area contributed by atoms with Crippen molar-refractivity contribution < 1.29 is 9.18 Å². The Kier molecular flexibility index (Phi) is 6.03. The summed E-state index contributed by atoms with van der Waals surface area (Å²) in [5.41, 5.74) is 1.68. The molecule has 3 aromatic rings. The number of nitrogens with one attached hydrogen (secondary N) is 1. The second kappa shape index (κ2) is 8.45. The largest absolute Gasteiger partial charge is 0.350 e. The lowest BCUT2D eigenvalue weighted by Gasteiger charge is -2.09. The van der Waals surface area contributed by atoms with Crippen LogP contribution in [-0.4, -0.2) is 15.7 Å². The van der Waals surface area contributed by atoms with Crippen LogP contribution in [-0.2, 0) is 17.9 Å². The number of rotatable bonds is 5. The van der Waals surface area contributed by atoms with Crippen LogP contribution < -0.4 is 10.9 Å². The predicted molar refractivity (Wildman–Crippen MR) is 105 cm³/mol. The third-order valence-electron chi connectivity index (χ3n) is 3.77. The fraction of sp³-hybridized carbons (Fsp3) is 0.105. The second-order valence-corrected chi connectivity index (χ2v) is 7.07. The van der Waals surface area contributed by atoms with Gasteiger partial charge in [-0.2, -0.15) is 5.10 Å². The van der Waals surface area contributed by atoms with Crippen LogP contribution in [0.1, 0.15) is 5.56 Å². The van der Waals surface area contributed by atoms with Crippen LogP contribution in [0.3, 0.4) is 0 Å². The molecule has 0 radical (unpaired) electrons. The first-order valence-electron chi connectivity index (χ1n) is 7.97. The van der Waals surface area contributed by atoms with Crippen LogP contribution in [0.4, 0.5) is 4.39 Å². The average Bonchev–Trinajstić information content (AvgIpc) is 2.65. The summed E-state index contributed by atoms with van der Waals surface area (Å²) in [7, 11) is 0. The molecule has 3 rings (SSSR count). The van der Waals surface area contributed by atoms with E-state index in [1.165, 1.54) is 24.3 Å². The predicted octanol–water partition coefficient (Wildman–Crippen LogP) is 3.78. The minimum atomic E-state index is -0.521. The van der Waals surface area contributed by atoms with Crippen molar-refractivity contribution in [3.05, 3.63) is 85.8 Å². The zero-order chi connectivity index (χ0) is 19.4. The van der Waals surface area contributed by atoms with Gasteiger partial charge in [0.1, 0.15) is 12.4 Å². The quantitative estimate of drug-likeness (QED) is 0.643. The lowest BCUT2D eigenvalue weighted by Crippen LogP contribution is -2.33. The van der Waals surface area contributed by atoms with Crippen LogP contribution in [0.5, 0.6) is 0 Å². The van der Waals surface area contributed by atoms with Crippen molar-refractivity contribution in [1.82, 2.24) is 15.1 Å². The molecule has 27 heavy (non-hydrogen) atoms. The van der Waals surface area contributed by atoms with Crippen molar-refractivity contribution in [2.75, 3.05) is 0 Å². The van der Waals surface area contributed by atoms with E-state index in [1.54, 1.807) is 6.07 Å². The van der Waals surface area contributed by atoms with Crippen molar-refractivity contribution in [1.29, 1.82) is 0 Å². The van der Waals surface area contributed by atoms with Gasteiger partial charge >= 0.3 is 0 Å². The molecule has 0 saturated heterocycles. The molecule has 0 aliphatic rings. The molecule has 0 saturated carbocycles. The van der Waals surface area contributed by atoms with Gasteiger partial charge in [0.25, 0.3) is 5.56 Å². The SMILES string of the molecule is O=C(Cn1nc(-c2ccc(Br)cc2)ccc1=O)NCc1ccc(F)c(Cl)c1. The normalized spacial score (nSPS) is 10.6. The van der Waals surface area contributed by atoms with E-state index in [0.717, 1.165) is 14.7 Å². The Labute approximate surface area is 167 Å². The molecule has 8 heteroatoms. The third-order valence-corrected chi connectivity index (χ3v) is 4.59. The van der Waals surface area contributed by atoms with Crippen molar-refractivity contribution in [2.24, 2.45) is 0 Å². The molecule has 0 spiro atoms. The van der Waals surface area contributed by atoms with Crippen LogP contribution >= 0.6 is 27.5 Å². The van der Waals surface area contributed by atoms with Gasteiger partial charge in [0.15, 0.2) is 0 Å². The van der Waals surface area contributed by atoms with Crippen molar-refractivity contribution in [2.45, 2.75) is 13.1 Å². The number of aromatic nitrogens is 2. The molecule has 0 atom stereocenters. The number of carbonyl (C=O) groups excluding carboxylic acids is 1. The van der Waals surface area contributed by atoms with E-state index in [0.29, 0.717) is 11.3 Å². The molecular weight excluding hydrogens is 437 g/mol. The zero-order valence-electron chi connectivity index (χ0n) is 14.0. The maximum atomic E-state index is 13.2. The fourth-order valence-corrected chi connectivity index (χ4v) is 2.85. The number of nitrogens with zero attached hydrogens (tertiary/aromatic N) is 2. The molecule has 1 heterocycles. The molecule has 1 aromatic heterocycles. The summed E-state index contributed by atoms with van der Waals surface area (Å²) >= 11 is 9.08. The first-order valence-corrected chi connectivity index (χ1v) is 9.14. The maximum Gasteiger partial charge on any atom is 0.267 e. The van der Waals surface area contributed by atoms with Crippen molar-refractivity contribution >= 4 is 33.4 Å². The Morgan fingerprint density at radius 3 is 2.59 bits per heavy atom. The topological polar surface area (TPSA) is 64.0 Å². The van der Waals surface area contributed by atoms with E-state index >= 15 is 0 Å². The van der Waals surface area contributed by atoms with Crippen LogP contribution in [0.2, 0.25) is 5.02 Å². The van der Waals surface area contributed by atoms with Gasteiger partial charge in [0.2, 0.25) is 5.91 Å². The monoisotopic (exact) mass is 449 g/mol. The zero-order valence-corrected chi connectivity index (χ0v) is 16.3. The molecule has 0 aliphatic heterocycles. The number of halogens is 3. The highest BCUT2D eigenvalue weighted by molar-refractivity contribution is 9.10. The Morgan fingerprint density at radius 2 is 1.89 bits per heavy atom. The van der Waals surface area contributed by atoms with Crippen molar-refractivity contribution in [3.8, 4) is 11.3 Å². The first-order chi connectivity index (χ1) is 12.9. The summed E-state index contributed by atoms with van der Waals surface area (Å²) in [4.78, 5) is 24.2. The van der Waals surface area contributed by atoms with Crippen LogP contribution in [0.15, 0.2) is 63.9 Å². The van der Waals surface area contributed by atoms with Gasteiger partial charge < -0.3 is 5.32 Å². The summed E-state index contributed by atoms with van der Waals surface area (Å²) in [5, 5.41) is 6.90. The molecule has 0 bridgehead atoms. The van der Waals surface area contributed by atoms with E-state index in [-0.39, 0.29) is 23.7 Å². The Morgan fingerprint density at radius 1 is 1.15 bits per heavy atom. The van der Waals surface area contributed by atoms with E-state index in [4.69, 9.17) is 11.6 Å². The molecule has 0 unspecified atom stereocenters. The van der Waals surface area contributed by atoms with Crippen molar-refractivity contribution in [3.63, 3.8) is 0 Å². The first kappa shape index (κ1) is 19.3. The van der Waals surface area contributed by atoms with Gasteiger partial charge in [0.05, 0.1) is 10.7 Å². The van der Waals surface area contributed by atoms with Crippen LogP contribution in [0, 0.1) is 5.82 Å². The molecule has 138 valence electrons. The fourth-order valence-electron chi connectivity index (χ4n) is 2.38. The van der Waals surface area contributed by atoms with E-state index in [1.807, 2.05) is 24.3 Å². The molecule has 0 fully saturated rings. The Hall–Kier alpha value is -2.51. The van der Waals surface area contributed by atoms with E-state index in [9.17, 15) is 14.0 Å². The third kappa shape index (κ3) is 5.02. The van der Waals surface area contributed by atoms with Crippen LogP contribution in [0.25, 0.3) is 11.3 Å². The molecule has 1 N–H and O–H groups in total. The molecule has 0 aliphatic carbocycles. The second-order valence-electron chi connectivity index (χ2n) is 5.75. The number of amides is 1. The standard InChI is InChI=1S/C19H14BrClFN3O2/c20-14-4-2-13(3-5-14)17-7-8-19(27)25(24-17)11-18(26)23-10-12-1-6-16(22)15(21)9-12/h1-9H,10-11H2,(H,23,26). The summed E-state index contributed by atoms with van der Waals surface area (Å²) in [6.45, 7) is -0.0574. The van der Waals surface area contributed by atoms with Gasteiger partial charge in [-0.3, -0.25) is 9.59 Å². The summed E-state index contributed by atoms with van der Waals surface area (Å²) in [5.74, 6) is -0.912. The number of carbonyl (C=O) groups is 1. The highest BCUT2D eigenvalue weighted by Crippen LogP contribution is 2.19. The van der Waals surface area contributed by atoms with E-state index < -0.39 is 11.7 Å². The average molecular weight is 451 g/mol. The van der Waals surface area contributed by atoms with Gasteiger partial charge in [0, 0.05) is 22.6 Å². The minimum Gasteiger partial charge on any atom is -0.350 e. The van der Waals surface area contributed by atoms with E-state index in [2.05, 4.69) is 26.3 Å². The number of hydrogen-bond acceptors (Lipinski definition) is 3. The number of benzene rings is 2. The molecule has 5 nitrogen and oxygen atoms in total. The van der Waals surface area contributed by atoms with Gasteiger partial charge in [-0.25, -0.2) is 9.07 Å². The molecular formula is C19H14BrClFN3O2. The number of hydrogen-bond donors (Lipinski definition) is 1. The Bertz CT molecular complexity index is 1040. The van der Waals surface area contributed by atoms with Gasteiger partial charge in [-0.1, -0.05) is 45.7 Å². The maximum absolute atomic E-state index is 13.2. The lowest BCUT2D eigenvalue weighted by molar-refractivity contribution is -0.122. The summed E-state index contributed by atoms with van der Waals surface area (Å²) in [6, 6.07) is 14.6.